The molecular formula is C5H8NO3Rb. The molecule has 2 atom stereocenters. The third kappa shape index (κ3) is 3.06. The van der Waals surface area contributed by atoms with Crippen molar-refractivity contribution in [3.8, 4) is 0 Å². The van der Waals surface area contributed by atoms with Crippen molar-refractivity contribution in [2.75, 3.05) is 6.54 Å². The summed E-state index contributed by atoms with van der Waals surface area (Å²) < 4.78 is 0. The fourth-order valence-corrected chi connectivity index (χ4v) is 0.891. The van der Waals surface area contributed by atoms with Crippen LogP contribution in [0.25, 0.3) is 0 Å². The van der Waals surface area contributed by atoms with Crippen LogP contribution < -0.4 is 68.6 Å². The van der Waals surface area contributed by atoms with Crippen LogP contribution in [0.15, 0.2) is 0 Å². The van der Waals surface area contributed by atoms with Crippen LogP contribution in [0.2, 0.25) is 0 Å². The van der Waals surface area contributed by atoms with Crippen LogP contribution in [0.1, 0.15) is 6.42 Å². The number of nitrogens with one attached hydrogen (secondary N) is 1. The van der Waals surface area contributed by atoms with Crippen LogP contribution in [0, 0.1) is 0 Å². The van der Waals surface area contributed by atoms with Gasteiger partial charge in [-0.15, -0.1) is 6.10 Å². The molecule has 10 heavy (non-hydrogen) atoms. The molecule has 0 saturated carbocycles. The zero-order valence-electron chi connectivity index (χ0n) is 5.83. The Kier molecular flexibility index (Phi) is 5.54. The van der Waals surface area contributed by atoms with Crippen LogP contribution in [0.5, 0.6) is 0 Å². The number of aliphatic carboxylic acids is 1. The molecule has 1 heterocycles. The van der Waals surface area contributed by atoms with E-state index >= 15 is 0 Å². The standard InChI is InChI=1S/C5H8NO3.Rb/c7-3-1-4(5(8)9)6-2-3;/h3-4,6H,1-2H2,(H,8,9);/q-1;+1. The smallest absolute Gasteiger partial charge is 0.851 e. The van der Waals surface area contributed by atoms with Gasteiger partial charge >= 0.3 is 64.2 Å². The van der Waals surface area contributed by atoms with E-state index in [1.165, 1.54) is 0 Å². The van der Waals surface area contributed by atoms with E-state index in [1.54, 1.807) is 0 Å². The van der Waals surface area contributed by atoms with Crippen LogP contribution in [0.3, 0.4) is 0 Å². The Balaban J connectivity index is 0.000000810. The van der Waals surface area contributed by atoms with Gasteiger partial charge in [0.25, 0.3) is 0 Å². The summed E-state index contributed by atoms with van der Waals surface area (Å²) in [7, 11) is 0. The third-order valence-corrected chi connectivity index (χ3v) is 1.39. The van der Waals surface area contributed by atoms with E-state index in [9.17, 15) is 9.90 Å². The summed E-state index contributed by atoms with van der Waals surface area (Å²) in [6.07, 6.45) is -0.513. The van der Waals surface area contributed by atoms with Gasteiger partial charge in [0.2, 0.25) is 0 Å². The molecule has 52 valence electrons. The van der Waals surface area contributed by atoms with Gasteiger partial charge in [-0.1, -0.05) is 0 Å². The first-order valence-corrected chi connectivity index (χ1v) is 2.82. The zero-order chi connectivity index (χ0) is 6.85. The number of carbonyl (C=O) groups is 1. The summed E-state index contributed by atoms with van der Waals surface area (Å²) in [5.74, 6) is -0.923. The van der Waals surface area contributed by atoms with Gasteiger partial charge < -0.3 is 15.5 Å². The van der Waals surface area contributed by atoms with Crippen molar-refractivity contribution < 1.29 is 73.2 Å². The SMILES string of the molecule is O=C(O)C1CC([O-])CN1.[Rb+]. The van der Waals surface area contributed by atoms with Crippen molar-refractivity contribution in [2.45, 2.75) is 18.6 Å². The topological polar surface area (TPSA) is 72.4 Å². The molecule has 0 aromatic rings. The van der Waals surface area contributed by atoms with Gasteiger partial charge in [0.1, 0.15) is 6.04 Å². The van der Waals surface area contributed by atoms with Gasteiger partial charge in [-0.25, -0.2) is 0 Å². The normalized spacial score (nSPS) is 31.3. The van der Waals surface area contributed by atoms with Crippen LogP contribution in [-0.4, -0.2) is 29.8 Å². The maximum atomic E-state index is 10.5. The minimum absolute atomic E-state index is 0. The molecule has 1 saturated heterocycles. The Bertz CT molecular complexity index is 130. The van der Waals surface area contributed by atoms with Crippen molar-refractivity contribution in [3.05, 3.63) is 0 Å². The van der Waals surface area contributed by atoms with Crippen LogP contribution >= 0.6 is 0 Å². The van der Waals surface area contributed by atoms with Gasteiger partial charge in [-0.2, -0.15) is 0 Å². The molecule has 0 amide bonds. The molecule has 0 bridgehead atoms. The van der Waals surface area contributed by atoms with Gasteiger partial charge in [0.15, 0.2) is 0 Å². The summed E-state index contributed by atoms with van der Waals surface area (Å²) in [6.45, 7) is 0.289. The Morgan fingerprint density at radius 1 is 1.70 bits per heavy atom. The van der Waals surface area contributed by atoms with Gasteiger partial charge in [-0.3, -0.25) is 4.79 Å². The Morgan fingerprint density at radius 2 is 2.30 bits per heavy atom. The van der Waals surface area contributed by atoms with Gasteiger partial charge in [0.05, 0.1) is 0 Å². The van der Waals surface area contributed by atoms with E-state index < -0.39 is 18.1 Å². The van der Waals surface area contributed by atoms with E-state index in [0.717, 1.165) is 0 Å². The quantitative estimate of drug-likeness (QED) is 0.460. The van der Waals surface area contributed by atoms with E-state index in [2.05, 4.69) is 5.32 Å². The minimum atomic E-state index is -0.923. The molecule has 1 rings (SSSR count). The number of rotatable bonds is 1. The second kappa shape index (κ2) is 4.95. The predicted molar refractivity (Wildman–Crippen MR) is 27.8 cm³/mol. The van der Waals surface area contributed by atoms with E-state index in [1.807, 2.05) is 0 Å². The van der Waals surface area contributed by atoms with Crippen molar-refractivity contribution in [2.24, 2.45) is 0 Å². The molecular weight excluding hydrogens is 208 g/mol. The molecule has 0 radical (unpaired) electrons. The molecule has 1 fully saturated rings. The molecule has 1 aliphatic heterocycles. The number of carboxylic acid groups (broad SMARTS) is 1. The first kappa shape index (κ1) is 11.2. The molecule has 0 aromatic carbocycles. The summed E-state index contributed by atoms with van der Waals surface area (Å²) >= 11 is 0. The van der Waals surface area contributed by atoms with Crippen molar-refractivity contribution in [1.29, 1.82) is 0 Å². The molecule has 0 aromatic heterocycles. The summed E-state index contributed by atoms with van der Waals surface area (Å²) in [6, 6.07) is -0.604. The van der Waals surface area contributed by atoms with Crippen LogP contribution in [0.4, 0.5) is 0 Å². The molecule has 2 unspecified atom stereocenters. The first-order valence-electron chi connectivity index (χ1n) is 2.82. The first-order chi connectivity index (χ1) is 4.20. The van der Waals surface area contributed by atoms with Crippen molar-refractivity contribution in [3.63, 3.8) is 0 Å². The fourth-order valence-electron chi connectivity index (χ4n) is 0.891. The van der Waals surface area contributed by atoms with E-state index in [-0.39, 0.29) is 71.2 Å². The third-order valence-electron chi connectivity index (χ3n) is 1.39. The van der Waals surface area contributed by atoms with E-state index in [4.69, 9.17) is 5.11 Å². The molecule has 1 aliphatic rings. The number of hydrogen-bond donors (Lipinski definition) is 2. The molecule has 4 nitrogen and oxygen atoms in total. The molecule has 5 heteroatoms. The summed E-state index contributed by atoms with van der Waals surface area (Å²) in [5, 5.41) is 21.4. The predicted octanol–water partition coefficient (Wildman–Crippen LogP) is -4.83. The summed E-state index contributed by atoms with van der Waals surface area (Å²) in [4.78, 5) is 10.1. The van der Waals surface area contributed by atoms with E-state index in [0.29, 0.717) is 0 Å². The monoisotopic (exact) mass is 215 g/mol. The van der Waals surface area contributed by atoms with Gasteiger partial charge in [-0.05, 0) is 13.0 Å². The molecule has 0 spiro atoms. The molecule has 0 aliphatic carbocycles. The Hall–Kier alpha value is 1.20. The molecule has 2 N–H and O–H groups in total. The number of hydrogen-bond acceptors (Lipinski definition) is 3. The maximum absolute atomic E-state index is 10.5. The maximum Gasteiger partial charge on any atom is 1.00 e. The second-order valence-electron chi connectivity index (χ2n) is 2.16. The average Bonchev–Trinajstić information content (AvgIpc) is 2.14. The Morgan fingerprint density at radius 3 is 2.50 bits per heavy atom. The summed E-state index contributed by atoms with van der Waals surface area (Å²) in [5.41, 5.74) is 0. The zero-order valence-corrected chi connectivity index (χ0v) is 10.7. The van der Waals surface area contributed by atoms with Crippen molar-refractivity contribution in [1.82, 2.24) is 5.32 Å². The average molecular weight is 216 g/mol. The van der Waals surface area contributed by atoms with Crippen LogP contribution in [-0.2, 0) is 4.79 Å². The minimum Gasteiger partial charge on any atom is -0.851 e. The Labute approximate surface area is 108 Å². The fraction of sp³-hybridized carbons (Fsp3) is 0.800. The van der Waals surface area contributed by atoms with Gasteiger partial charge in [0, 0.05) is 0 Å². The van der Waals surface area contributed by atoms with Crippen molar-refractivity contribution >= 4 is 5.97 Å². The number of carboxylic acids is 1. The largest absolute Gasteiger partial charge is 1.00 e. The second-order valence-corrected chi connectivity index (χ2v) is 2.16.